The van der Waals surface area contributed by atoms with Crippen LogP contribution in [-0.2, 0) is 16.9 Å². The molecule has 2 heterocycles. The van der Waals surface area contributed by atoms with Gasteiger partial charge in [0.05, 0.1) is 12.6 Å². The van der Waals surface area contributed by atoms with Crippen LogP contribution < -0.4 is 10.6 Å². The average Bonchev–Trinajstić information content (AvgIpc) is 3.32. The van der Waals surface area contributed by atoms with E-state index < -0.39 is 35.1 Å². The summed E-state index contributed by atoms with van der Waals surface area (Å²) in [5, 5.41) is 8.99. The molecule has 2 N–H and O–H groups in total. The molecule has 0 unspecified atom stereocenters. The highest BCUT2D eigenvalue weighted by Crippen LogP contribution is 2.39. The summed E-state index contributed by atoms with van der Waals surface area (Å²) in [6.07, 6.45) is 2.73. The molecule has 160 valence electrons. The molecule has 0 bridgehead atoms. The van der Waals surface area contributed by atoms with Gasteiger partial charge in [0.15, 0.2) is 5.60 Å². The molecule has 1 aliphatic heterocycles. The second kappa shape index (κ2) is 8.09. The number of halogens is 3. The standard InChI is InChI=1S/C20H17F3N6O2/c1-12-20(9-29-11-24-10-25-29,16-7-4-14(22)8-17(16)23)31-19(26-12)28-18(30)27-15-5-2-13(21)3-6-15/h2-8,10-12H,9H2,1H3,(H2,26,27,28,30)/t12-,20+/m0/s1. The zero-order valence-electron chi connectivity index (χ0n) is 16.2. The molecule has 4 rings (SSSR count). The van der Waals surface area contributed by atoms with Crippen molar-refractivity contribution in [2.45, 2.75) is 25.1 Å². The minimum absolute atomic E-state index is 0.00494. The predicted molar refractivity (Wildman–Crippen MR) is 105 cm³/mol. The number of ether oxygens (including phenoxy) is 1. The fraction of sp³-hybridized carbons (Fsp3) is 0.200. The van der Waals surface area contributed by atoms with E-state index in [9.17, 15) is 18.0 Å². The fourth-order valence-corrected chi connectivity index (χ4v) is 3.33. The Kier molecular flexibility index (Phi) is 5.32. The van der Waals surface area contributed by atoms with Crippen molar-refractivity contribution in [3.8, 4) is 0 Å². The van der Waals surface area contributed by atoms with Crippen molar-refractivity contribution in [2.24, 2.45) is 4.99 Å². The zero-order valence-corrected chi connectivity index (χ0v) is 16.2. The number of benzene rings is 2. The number of amidine groups is 1. The number of amides is 2. The Morgan fingerprint density at radius 2 is 1.87 bits per heavy atom. The monoisotopic (exact) mass is 430 g/mol. The Balaban J connectivity index is 1.57. The summed E-state index contributed by atoms with van der Waals surface area (Å²) in [5.41, 5.74) is -1.01. The number of anilines is 1. The Morgan fingerprint density at radius 3 is 2.55 bits per heavy atom. The van der Waals surface area contributed by atoms with E-state index >= 15 is 0 Å². The van der Waals surface area contributed by atoms with Gasteiger partial charge in [0.1, 0.15) is 30.1 Å². The van der Waals surface area contributed by atoms with Crippen LogP contribution in [0.5, 0.6) is 0 Å². The first-order valence-corrected chi connectivity index (χ1v) is 9.24. The van der Waals surface area contributed by atoms with Crippen LogP contribution in [0.25, 0.3) is 0 Å². The van der Waals surface area contributed by atoms with Crippen LogP contribution in [0.1, 0.15) is 12.5 Å². The van der Waals surface area contributed by atoms with E-state index in [4.69, 9.17) is 4.74 Å². The molecule has 0 fully saturated rings. The number of urea groups is 1. The summed E-state index contributed by atoms with van der Waals surface area (Å²) in [4.78, 5) is 20.5. The molecule has 2 amide bonds. The molecule has 0 radical (unpaired) electrons. The van der Waals surface area contributed by atoms with Gasteiger partial charge in [-0.15, -0.1) is 0 Å². The van der Waals surface area contributed by atoms with Crippen molar-refractivity contribution < 1.29 is 22.7 Å². The third-order valence-electron chi connectivity index (χ3n) is 4.84. The highest BCUT2D eigenvalue weighted by Gasteiger charge is 2.49. The van der Waals surface area contributed by atoms with E-state index in [1.807, 2.05) is 0 Å². The predicted octanol–water partition coefficient (Wildman–Crippen LogP) is 3.19. The van der Waals surface area contributed by atoms with Gasteiger partial charge in [-0.05, 0) is 43.3 Å². The number of hydrogen-bond acceptors (Lipinski definition) is 5. The molecule has 2 atom stereocenters. The van der Waals surface area contributed by atoms with Crippen molar-refractivity contribution in [3.63, 3.8) is 0 Å². The zero-order chi connectivity index (χ0) is 22.0. The molecule has 8 nitrogen and oxygen atoms in total. The number of aromatic nitrogens is 3. The molecule has 2 aromatic carbocycles. The summed E-state index contributed by atoms with van der Waals surface area (Å²) >= 11 is 0. The van der Waals surface area contributed by atoms with Crippen LogP contribution >= 0.6 is 0 Å². The minimum atomic E-state index is -1.41. The van der Waals surface area contributed by atoms with E-state index in [1.54, 1.807) is 6.92 Å². The summed E-state index contributed by atoms with van der Waals surface area (Å²) < 4.78 is 48.6. The van der Waals surface area contributed by atoms with E-state index in [1.165, 1.54) is 47.7 Å². The SMILES string of the molecule is C[C@@H]1N=C(NC(=O)Nc2ccc(F)cc2)O[C@@]1(Cn1cncn1)c1ccc(F)cc1F. The van der Waals surface area contributed by atoms with Crippen LogP contribution in [-0.4, -0.2) is 32.9 Å². The minimum Gasteiger partial charge on any atom is -0.449 e. The molecule has 0 saturated heterocycles. The van der Waals surface area contributed by atoms with Gasteiger partial charge in [0.2, 0.25) is 0 Å². The molecule has 0 spiro atoms. The van der Waals surface area contributed by atoms with Crippen LogP contribution in [0.4, 0.5) is 23.7 Å². The van der Waals surface area contributed by atoms with Gasteiger partial charge in [-0.25, -0.2) is 32.6 Å². The average molecular weight is 430 g/mol. The van der Waals surface area contributed by atoms with Crippen molar-refractivity contribution in [3.05, 3.63) is 78.1 Å². The van der Waals surface area contributed by atoms with Gasteiger partial charge in [-0.1, -0.05) is 0 Å². The van der Waals surface area contributed by atoms with Crippen molar-refractivity contribution in [1.82, 2.24) is 20.1 Å². The van der Waals surface area contributed by atoms with Crippen molar-refractivity contribution >= 4 is 17.7 Å². The molecule has 31 heavy (non-hydrogen) atoms. The fourth-order valence-electron chi connectivity index (χ4n) is 3.33. The topological polar surface area (TPSA) is 93.4 Å². The lowest BCUT2D eigenvalue weighted by Crippen LogP contribution is -2.44. The first kappa shape index (κ1) is 20.4. The molecule has 3 aromatic rings. The first-order chi connectivity index (χ1) is 14.9. The Hall–Kier alpha value is -3.89. The number of carbonyl (C=O) groups is 1. The van der Waals surface area contributed by atoms with Crippen LogP contribution in [0.3, 0.4) is 0 Å². The molecule has 0 saturated carbocycles. The second-order valence-electron chi connectivity index (χ2n) is 6.91. The lowest BCUT2D eigenvalue weighted by Gasteiger charge is -2.32. The van der Waals surface area contributed by atoms with Gasteiger partial charge in [0.25, 0.3) is 6.02 Å². The second-order valence-corrected chi connectivity index (χ2v) is 6.91. The first-order valence-electron chi connectivity index (χ1n) is 9.24. The molecule has 1 aliphatic rings. The smallest absolute Gasteiger partial charge is 0.327 e. The third-order valence-corrected chi connectivity index (χ3v) is 4.84. The van der Waals surface area contributed by atoms with E-state index in [0.717, 1.165) is 12.1 Å². The summed E-state index contributed by atoms with van der Waals surface area (Å²) in [7, 11) is 0. The molecular formula is C20H17F3N6O2. The highest BCUT2D eigenvalue weighted by atomic mass is 19.1. The van der Waals surface area contributed by atoms with Crippen LogP contribution in [0.2, 0.25) is 0 Å². The molecule has 11 heteroatoms. The van der Waals surface area contributed by atoms with E-state index in [-0.39, 0.29) is 18.1 Å². The summed E-state index contributed by atoms with van der Waals surface area (Å²) in [5.74, 6) is -2.00. The number of rotatable bonds is 4. The van der Waals surface area contributed by atoms with Gasteiger partial charge < -0.3 is 10.1 Å². The third kappa shape index (κ3) is 4.20. The largest absolute Gasteiger partial charge is 0.449 e. The number of nitrogens with one attached hydrogen (secondary N) is 2. The van der Waals surface area contributed by atoms with Gasteiger partial charge in [0, 0.05) is 17.3 Å². The molecular weight excluding hydrogens is 413 g/mol. The maximum absolute atomic E-state index is 14.7. The van der Waals surface area contributed by atoms with Crippen LogP contribution in [0.15, 0.2) is 60.1 Å². The number of aliphatic imine (C=N–C) groups is 1. The van der Waals surface area contributed by atoms with E-state index in [0.29, 0.717) is 5.69 Å². The Labute approximate surface area is 174 Å². The van der Waals surface area contributed by atoms with Gasteiger partial charge in [-0.3, -0.25) is 5.32 Å². The molecule has 0 aliphatic carbocycles. The highest BCUT2D eigenvalue weighted by molar-refractivity contribution is 6.01. The van der Waals surface area contributed by atoms with Gasteiger partial charge >= 0.3 is 6.03 Å². The summed E-state index contributed by atoms with van der Waals surface area (Å²) in [6.45, 7) is 1.68. The summed E-state index contributed by atoms with van der Waals surface area (Å²) in [6, 6.07) is 6.79. The quantitative estimate of drug-likeness (QED) is 0.665. The molecule has 1 aromatic heterocycles. The lowest BCUT2D eigenvalue weighted by molar-refractivity contribution is 0.0281. The maximum atomic E-state index is 14.7. The normalized spacial score (nSPS) is 20.1. The van der Waals surface area contributed by atoms with E-state index in [2.05, 4.69) is 25.7 Å². The maximum Gasteiger partial charge on any atom is 0.327 e. The van der Waals surface area contributed by atoms with Crippen molar-refractivity contribution in [2.75, 3.05) is 5.32 Å². The number of hydrogen-bond donors (Lipinski definition) is 2. The van der Waals surface area contributed by atoms with Crippen LogP contribution in [0, 0.1) is 17.5 Å². The number of nitrogens with zero attached hydrogens (tertiary/aromatic N) is 4. The number of carbonyl (C=O) groups excluding carboxylic acids is 1. The van der Waals surface area contributed by atoms with Gasteiger partial charge in [-0.2, -0.15) is 5.10 Å². The Bertz CT molecular complexity index is 1120. The Morgan fingerprint density at radius 1 is 1.13 bits per heavy atom. The lowest BCUT2D eigenvalue weighted by atomic mass is 9.87. The van der Waals surface area contributed by atoms with Crippen molar-refractivity contribution in [1.29, 1.82) is 0 Å².